The molecule has 0 aromatic heterocycles. The molecule has 3 amide bonds. The molecule has 2 aromatic carbocycles. The van der Waals surface area contributed by atoms with Crippen LogP contribution in [0, 0.1) is 11.7 Å². The summed E-state index contributed by atoms with van der Waals surface area (Å²) in [7, 11) is 0. The van der Waals surface area contributed by atoms with Crippen LogP contribution in [0.2, 0.25) is 0 Å². The van der Waals surface area contributed by atoms with Crippen molar-refractivity contribution in [2.24, 2.45) is 5.92 Å². The third-order valence-corrected chi connectivity index (χ3v) is 4.48. The molecule has 3 N–H and O–H groups in total. The Morgan fingerprint density at radius 1 is 0.906 bits per heavy atom. The third-order valence-electron chi connectivity index (χ3n) is 4.48. The highest BCUT2D eigenvalue weighted by molar-refractivity contribution is 5.98. The molecule has 32 heavy (non-hydrogen) atoms. The Kier molecular flexibility index (Phi) is 9.00. The summed E-state index contributed by atoms with van der Waals surface area (Å²) in [5.41, 5.74) is 4.39. The van der Waals surface area contributed by atoms with Crippen LogP contribution in [0.15, 0.2) is 48.5 Å². The van der Waals surface area contributed by atoms with E-state index in [-0.39, 0.29) is 11.5 Å². The first-order valence-electron chi connectivity index (χ1n) is 10.3. The van der Waals surface area contributed by atoms with Gasteiger partial charge in [0.15, 0.2) is 6.10 Å². The molecular weight excluding hydrogens is 417 g/mol. The molecule has 0 aliphatic heterocycles. The van der Waals surface area contributed by atoms with E-state index in [2.05, 4.69) is 16.2 Å². The Morgan fingerprint density at radius 3 is 2.09 bits per heavy atom. The van der Waals surface area contributed by atoms with Gasteiger partial charge in [0.25, 0.3) is 17.7 Å². The Bertz CT molecular complexity index is 933. The van der Waals surface area contributed by atoms with Gasteiger partial charge in [-0.05, 0) is 56.2 Å². The van der Waals surface area contributed by atoms with Crippen LogP contribution >= 0.6 is 0 Å². The Morgan fingerprint density at radius 2 is 1.50 bits per heavy atom. The summed E-state index contributed by atoms with van der Waals surface area (Å²) in [6, 6.07) is 11.2. The van der Waals surface area contributed by atoms with Crippen molar-refractivity contribution in [3.05, 3.63) is 59.9 Å². The van der Waals surface area contributed by atoms with Gasteiger partial charge in [-0.15, -0.1) is 0 Å². The number of carbonyl (C=O) groups is 3. The summed E-state index contributed by atoms with van der Waals surface area (Å²) in [5, 5.41) is 2.50. The van der Waals surface area contributed by atoms with Crippen molar-refractivity contribution in [3.63, 3.8) is 0 Å². The van der Waals surface area contributed by atoms with E-state index in [4.69, 9.17) is 9.47 Å². The lowest BCUT2D eigenvalue weighted by Crippen LogP contribution is -2.56. The van der Waals surface area contributed by atoms with E-state index in [0.717, 1.165) is 6.07 Å². The van der Waals surface area contributed by atoms with Crippen LogP contribution in [0.25, 0.3) is 0 Å². The number of halogens is 1. The highest BCUT2D eigenvalue weighted by Gasteiger charge is 2.26. The zero-order chi connectivity index (χ0) is 23.7. The highest BCUT2D eigenvalue weighted by atomic mass is 19.1. The molecule has 0 fully saturated rings. The normalized spacial score (nSPS) is 12.4. The highest BCUT2D eigenvalue weighted by Crippen LogP contribution is 2.18. The molecular formula is C23H28FN3O5. The maximum atomic E-state index is 13.8. The van der Waals surface area contributed by atoms with Crippen LogP contribution in [0.4, 0.5) is 4.39 Å². The molecule has 2 rings (SSSR count). The number of hydrazine groups is 1. The van der Waals surface area contributed by atoms with Gasteiger partial charge in [-0.3, -0.25) is 25.2 Å². The molecule has 0 radical (unpaired) electrons. The number of hydrogen-bond donors (Lipinski definition) is 3. The zero-order valence-electron chi connectivity index (χ0n) is 18.5. The summed E-state index contributed by atoms with van der Waals surface area (Å²) in [4.78, 5) is 37.2. The maximum Gasteiger partial charge on any atom is 0.279 e. The Balaban J connectivity index is 1.90. The minimum atomic E-state index is -0.996. The van der Waals surface area contributed by atoms with Gasteiger partial charge < -0.3 is 14.8 Å². The van der Waals surface area contributed by atoms with Crippen LogP contribution in [0.5, 0.6) is 11.5 Å². The van der Waals surface area contributed by atoms with Crippen molar-refractivity contribution < 1.29 is 28.2 Å². The molecule has 172 valence electrons. The predicted molar refractivity (Wildman–Crippen MR) is 116 cm³/mol. The van der Waals surface area contributed by atoms with Gasteiger partial charge in [0.05, 0.1) is 12.2 Å². The van der Waals surface area contributed by atoms with E-state index in [9.17, 15) is 18.8 Å². The van der Waals surface area contributed by atoms with E-state index in [1.807, 2.05) is 6.92 Å². The molecule has 0 saturated heterocycles. The minimum absolute atomic E-state index is 0.174. The molecule has 0 heterocycles. The first kappa shape index (κ1) is 24.6. The van der Waals surface area contributed by atoms with E-state index in [1.54, 1.807) is 38.1 Å². The smallest absolute Gasteiger partial charge is 0.279 e. The van der Waals surface area contributed by atoms with Crippen molar-refractivity contribution in [1.29, 1.82) is 0 Å². The lowest BCUT2D eigenvalue weighted by Gasteiger charge is -2.22. The molecule has 0 saturated carbocycles. The second kappa shape index (κ2) is 11.7. The van der Waals surface area contributed by atoms with E-state index < -0.39 is 35.7 Å². The lowest BCUT2D eigenvalue weighted by atomic mass is 10.0. The molecule has 0 spiro atoms. The second-order valence-corrected chi connectivity index (χ2v) is 7.32. The molecule has 0 unspecified atom stereocenters. The number of benzene rings is 2. The molecule has 2 atom stereocenters. The quantitative estimate of drug-likeness (QED) is 0.515. The van der Waals surface area contributed by atoms with Crippen molar-refractivity contribution in [3.8, 4) is 11.5 Å². The van der Waals surface area contributed by atoms with Crippen molar-refractivity contribution >= 4 is 17.7 Å². The monoisotopic (exact) mass is 445 g/mol. The summed E-state index contributed by atoms with van der Waals surface area (Å²) in [6.07, 6.45) is -0.904. The standard InChI is InChI=1S/C23H28FN3O5/c1-5-31-16-10-12-17(13-11-16)32-15(4)21(28)26-27-23(30)20(14(2)3)25-22(29)18-8-6-7-9-19(18)24/h6-15,20H,5H2,1-4H3,(H,25,29)(H,26,28)(H,27,30)/t15-,20-/m1/s1. The molecule has 9 heteroatoms. The van der Waals surface area contributed by atoms with Gasteiger partial charge >= 0.3 is 0 Å². The predicted octanol–water partition coefficient (Wildman–Crippen LogP) is 2.59. The number of carbonyl (C=O) groups excluding carboxylic acids is 3. The number of rotatable bonds is 9. The topological polar surface area (TPSA) is 106 Å². The molecule has 0 aliphatic rings. The van der Waals surface area contributed by atoms with Gasteiger partial charge in [0, 0.05) is 0 Å². The fourth-order valence-electron chi connectivity index (χ4n) is 2.74. The number of amides is 3. The summed E-state index contributed by atoms with van der Waals surface area (Å²) < 4.78 is 24.7. The third kappa shape index (κ3) is 6.97. The van der Waals surface area contributed by atoms with E-state index in [1.165, 1.54) is 25.1 Å². The van der Waals surface area contributed by atoms with E-state index >= 15 is 0 Å². The lowest BCUT2D eigenvalue weighted by molar-refractivity contribution is -0.133. The average Bonchev–Trinajstić information content (AvgIpc) is 2.77. The zero-order valence-corrected chi connectivity index (χ0v) is 18.5. The summed E-state index contributed by atoms with van der Waals surface area (Å²) >= 11 is 0. The number of nitrogens with one attached hydrogen (secondary N) is 3. The molecule has 0 bridgehead atoms. The van der Waals surface area contributed by atoms with Crippen molar-refractivity contribution in [2.45, 2.75) is 39.8 Å². The van der Waals surface area contributed by atoms with Crippen molar-refractivity contribution in [2.75, 3.05) is 6.61 Å². The molecule has 0 aliphatic carbocycles. The van der Waals surface area contributed by atoms with Gasteiger partial charge in [0.1, 0.15) is 23.4 Å². The number of hydrogen-bond acceptors (Lipinski definition) is 5. The maximum absolute atomic E-state index is 13.8. The Labute approximate surface area is 186 Å². The largest absolute Gasteiger partial charge is 0.494 e. The fourth-order valence-corrected chi connectivity index (χ4v) is 2.74. The van der Waals surface area contributed by atoms with Gasteiger partial charge in [0.2, 0.25) is 0 Å². The number of ether oxygens (including phenoxy) is 2. The first-order chi connectivity index (χ1) is 15.2. The fraction of sp³-hybridized carbons (Fsp3) is 0.348. The van der Waals surface area contributed by atoms with Crippen LogP contribution in [0.3, 0.4) is 0 Å². The second-order valence-electron chi connectivity index (χ2n) is 7.32. The van der Waals surface area contributed by atoms with Crippen molar-refractivity contribution in [1.82, 2.24) is 16.2 Å². The van der Waals surface area contributed by atoms with Crippen LogP contribution in [0.1, 0.15) is 38.1 Å². The van der Waals surface area contributed by atoms with Crippen LogP contribution in [-0.4, -0.2) is 36.5 Å². The molecule has 8 nitrogen and oxygen atoms in total. The summed E-state index contributed by atoms with van der Waals surface area (Å²) in [5.74, 6) is -1.83. The van der Waals surface area contributed by atoms with Gasteiger partial charge in [-0.1, -0.05) is 26.0 Å². The van der Waals surface area contributed by atoms with Gasteiger partial charge in [-0.25, -0.2) is 4.39 Å². The SMILES string of the molecule is CCOc1ccc(O[C@H](C)C(=O)NNC(=O)[C@H](NC(=O)c2ccccc2F)C(C)C)cc1. The molecule has 2 aromatic rings. The van der Waals surface area contributed by atoms with Gasteiger partial charge in [-0.2, -0.15) is 0 Å². The first-order valence-corrected chi connectivity index (χ1v) is 10.3. The van der Waals surface area contributed by atoms with E-state index in [0.29, 0.717) is 18.1 Å². The average molecular weight is 445 g/mol. The summed E-state index contributed by atoms with van der Waals surface area (Å²) in [6.45, 7) is 7.37. The minimum Gasteiger partial charge on any atom is -0.494 e. The van der Waals surface area contributed by atoms with Crippen LogP contribution in [-0.2, 0) is 9.59 Å². The Hall–Kier alpha value is -3.62. The van der Waals surface area contributed by atoms with Crippen LogP contribution < -0.4 is 25.6 Å².